The highest BCUT2D eigenvalue weighted by Gasteiger charge is 2.15. The minimum Gasteiger partial charge on any atom is -0.410 e. The average Bonchev–Trinajstić information content (AvgIpc) is 2.08. The van der Waals surface area contributed by atoms with Crippen LogP contribution >= 0.6 is 15.9 Å². The van der Waals surface area contributed by atoms with Crippen LogP contribution < -0.4 is 10.1 Å². The van der Waals surface area contributed by atoms with Crippen molar-refractivity contribution in [2.45, 2.75) is 26.3 Å². The predicted octanol–water partition coefficient (Wildman–Crippen LogP) is 3.48. The quantitative estimate of drug-likeness (QED) is 0.860. The molecular weight excluding hydrogens is 277 g/mol. The van der Waals surface area contributed by atoms with Crippen LogP contribution in [0.15, 0.2) is 22.7 Å². The van der Waals surface area contributed by atoms with E-state index >= 15 is 0 Å². The van der Waals surface area contributed by atoms with Gasteiger partial charge in [-0.15, -0.1) is 0 Å². The summed E-state index contributed by atoms with van der Waals surface area (Å²) in [6, 6.07) is 4.14. The molecule has 1 aromatic rings. The van der Waals surface area contributed by atoms with Crippen molar-refractivity contribution in [2.75, 3.05) is 0 Å². The van der Waals surface area contributed by atoms with E-state index in [0.717, 1.165) is 6.07 Å². The van der Waals surface area contributed by atoms with Crippen LogP contribution in [-0.2, 0) is 0 Å². The van der Waals surface area contributed by atoms with E-state index < -0.39 is 11.9 Å². The number of carbonyl (C=O) groups excluding carboxylic acids is 1. The van der Waals surface area contributed by atoms with Crippen LogP contribution in [0.2, 0.25) is 0 Å². The number of carbonyl (C=O) groups is 1. The fraction of sp³-hybridized carbons (Fsp3) is 0.364. The fourth-order valence-corrected chi connectivity index (χ4v) is 1.23. The molecule has 5 heteroatoms. The first-order chi connectivity index (χ1) is 7.28. The third-order valence-electron chi connectivity index (χ3n) is 1.58. The zero-order chi connectivity index (χ0) is 12.3. The van der Waals surface area contributed by atoms with Gasteiger partial charge >= 0.3 is 6.09 Å². The Morgan fingerprint density at radius 1 is 1.44 bits per heavy atom. The van der Waals surface area contributed by atoms with Gasteiger partial charge in [0.1, 0.15) is 11.6 Å². The van der Waals surface area contributed by atoms with Crippen molar-refractivity contribution in [3.63, 3.8) is 0 Å². The van der Waals surface area contributed by atoms with Gasteiger partial charge in [-0.1, -0.05) is 0 Å². The lowest BCUT2D eigenvalue weighted by Crippen LogP contribution is -2.42. The molecule has 88 valence electrons. The average molecular weight is 290 g/mol. The number of nitrogens with one attached hydrogen (secondary N) is 1. The third kappa shape index (κ3) is 4.18. The van der Waals surface area contributed by atoms with Gasteiger partial charge in [-0.2, -0.15) is 0 Å². The van der Waals surface area contributed by atoms with E-state index in [-0.39, 0.29) is 11.3 Å². The Morgan fingerprint density at radius 2 is 2.06 bits per heavy atom. The van der Waals surface area contributed by atoms with Crippen LogP contribution in [0.5, 0.6) is 5.75 Å². The zero-order valence-corrected chi connectivity index (χ0v) is 10.9. The molecule has 0 fully saturated rings. The SMILES string of the molecule is CC(C)(C)NC(=O)Oc1ccc(Br)c(F)c1. The number of hydrogen-bond acceptors (Lipinski definition) is 2. The van der Waals surface area contributed by atoms with E-state index in [2.05, 4.69) is 21.2 Å². The van der Waals surface area contributed by atoms with Crippen molar-refractivity contribution in [3.8, 4) is 5.75 Å². The molecular formula is C11H13BrFNO2. The first-order valence-electron chi connectivity index (χ1n) is 4.73. The van der Waals surface area contributed by atoms with Crippen molar-refractivity contribution >= 4 is 22.0 Å². The maximum absolute atomic E-state index is 13.1. The minimum atomic E-state index is -0.603. The number of halogens is 2. The number of benzene rings is 1. The van der Waals surface area contributed by atoms with Gasteiger partial charge in [0.25, 0.3) is 0 Å². The van der Waals surface area contributed by atoms with Crippen LogP contribution in [-0.4, -0.2) is 11.6 Å². The molecule has 1 N–H and O–H groups in total. The Morgan fingerprint density at radius 3 is 2.56 bits per heavy atom. The summed E-state index contributed by atoms with van der Waals surface area (Å²) in [6.07, 6.45) is -0.603. The van der Waals surface area contributed by atoms with Crippen LogP contribution in [0.1, 0.15) is 20.8 Å². The minimum absolute atomic E-state index is 0.169. The second-order valence-electron chi connectivity index (χ2n) is 4.34. The molecule has 0 heterocycles. The molecule has 3 nitrogen and oxygen atoms in total. The van der Waals surface area contributed by atoms with Gasteiger partial charge in [-0.3, -0.25) is 0 Å². The van der Waals surface area contributed by atoms with Gasteiger partial charge in [-0.25, -0.2) is 9.18 Å². The van der Waals surface area contributed by atoms with Gasteiger partial charge in [0.05, 0.1) is 4.47 Å². The Kier molecular flexibility index (Phi) is 3.91. The highest BCUT2D eigenvalue weighted by atomic mass is 79.9. The lowest BCUT2D eigenvalue weighted by Gasteiger charge is -2.19. The summed E-state index contributed by atoms with van der Waals surface area (Å²) < 4.78 is 18.4. The predicted molar refractivity (Wildman–Crippen MR) is 63.0 cm³/mol. The number of hydrogen-bond donors (Lipinski definition) is 1. The van der Waals surface area contributed by atoms with Crippen LogP contribution in [0.4, 0.5) is 9.18 Å². The van der Waals surface area contributed by atoms with E-state index in [1.165, 1.54) is 12.1 Å². The maximum atomic E-state index is 13.1. The summed E-state index contributed by atoms with van der Waals surface area (Å²) in [5.74, 6) is -0.302. The zero-order valence-electron chi connectivity index (χ0n) is 9.30. The van der Waals surface area contributed by atoms with Crippen LogP contribution in [0.3, 0.4) is 0 Å². The molecule has 1 aromatic carbocycles. The van der Waals surface area contributed by atoms with Crippen LogP contribution in [0, 0.1) is 5.82 Å². The monoisotopic (exact) mass is 289 g/mol. The third-order valence-corrected chi connectivity index (χ3v) is 2.22. The standard InChI is InChI=1S/C11H13BrFNO2/c1-11(2,3)14-10(15)16-7-4-5-8(12)9(13)6-7/h4-6H,1-3H3,(H,14,15). The summed E-state index contributed by atoms with van der Waals surface area (Å²) in [7, 11) is 0. The Hall–Kier alpha value is -1.10. The number of amides is 1. The first-order valence-corrected chi connectivity index (χ1v) is 5.52. The van der Waals surface area contributed by atoms with E-state index in [4.69, 9.17) is 4.74 Å². The maximum Gasteiger partial charge on any atom is 0.413 e. The summed E-state index contributed by atoms with van der Waals surface area (Å²) >= 11 is 3.01. The molecule has 0 aliphatic carbocycles. The van der Waals surface area contributed by atoms with E-state index in [1.807, 2.05) is 20.8 Å². The summed E-state index contributed by atoms with van der Waals surface area (Å²) in [5.41, 5.74) is -0.384. The highest BCUT2D eigenvalue weighted by Crippen LogP contribution is 2.21. The molecule has 1 rings (SSSR count). The second kappa shape index (κ2) is 4.82. The first kappa shape index (κ1) is 13.0. The molecule has 0 spiro atoms. The van der Waals surface area contributed by atoms with E-state index in [0.29, 0.717) is 4.47 Å². The molecule has 0 aromatic heterocycles. The molecule has 0 atom stereocenters. The molecule has 0 unspecified atom stereocenters. The van der Waals surface area contributed by atoms with E-state index in [9.17, 15) is 9.18 Å². The molecule has 0 radical (unpaired) electrons. The Bertz CT molecular complexity index is 401. The molecule has 0 aliphatic rings. The molecule has 16 heavy (non-hydrogen) atoms. The van der Waals surface area contributed by atoms with Crippen LogP contribution in [0.25, 0.3) is 0 Å². The fourth-order valence-electron chi connectivity index (χ4n) is 0.979. The topological polar surface area (TPSA) is 38.3 Å². The van der Waals surface area contributed by atoms with E-state index in [1.54, 1.807) is 0 Å². The Labute approximate surface area is 102 Å². The van der Waals surface area contributed by atoms with Crippen molar-refractivity contribution in [1.29, 1.82) is 0 Å². The summed E-state index contributed by atoms with van der Waals surface area (Å²) in [6.45, 7) is 5.49. The van der Waals surface area contributed by atoms with Gasteiger partial charge in [0, 0.05) is 11.6 Å². The lowest BCUT2D eigenvalue weighted by molar-refractivity contribution is 0.190. The number of rotatable bonds is 1. The summed E-state index contributed by atoms with van der Waals surface area (Å²) in [5, 5.41) is 2.61. The summed E-state index contributed by atoms with van der Waals surface area (Å²) in [4.78, 5) is 11.4. The lowest BCUT2D eigenvalue weighted by atomic mass is 10.1. The second-order valence-corrected chi connectivity index (χ2v) is 5.19. The van der Waals surface area contributed by atoms with Gasteiger partial charge in [0.2, 0.25) is 0 Å². The van der Waals surface area contributed by atoms with Crippen molar-refractivity contribution in [2.24, 2.45) is 0 Å². The Balaban J connectivity index is 2.67. The largest absolute Gasteiger partial charge is 0.413 e. The van der Waals surface area contributed by atoms with Crippen molar-refractivity contribution in [3.05, 3.63) is 28.5 Å². The number of ether oxygens (including phenoxy) is 1. The molecule has 0 saturated carbocycles. The van der Waals surface area contributed by atoms with Crippen molar-refractivity contribution in [1.82, 2.24) is 5.32 Å². The smallest absolute Gasteiger partial charge is 0.410 e. The highest BCUT2D eigenvalue weighted by molar-refractivity contribution is 9.10. The molecule has 1 amide bonds. The van der Waals surface area contributed by atoms with Gasteiger partial charge in [-0.05, 0) is 48.8 Å². The normalized spacial score (nSPS) is 11.1. The van der Waals surface area contributed by atoms with Crippen molar-refractivity contribution < 1.29 is 13.9 Å². The molecule has 0 bridgehead atoms. The van der Waals surface area contributed by atoms with Gasteiger partial charge < -0.3 is 10.1 Å². The van der Waals surface area contributed by atoms with Gasteiger partial charge in [0.15, 0.2) is 0 Å². The molecule has 0 saturated heterocycles. The molecule has 0 aliphatic heterocycles.